The molecule has 0 spiro atoms. The molecule has 23 heavy (non-hydrogen) atoms. The second-order valence-electron chi connectivity index (χ2n) is 5.49. The molecular weight excluding hydrogens is 300 g/mol. The molecule has 0 aliphatic carbocycles. The van der Waals surface area contributed by atoms with Crippen molar-refractivity contribution >= 4 is 5.91 Å². The van der Waals surface area contributed by atoms with Gasteiger partial charge >= 0.3 is 0 Å². The van der Waals surface area contributed by atoms with Crippen molar-refractivity contribution in [3.8, 4) is 0 Å². The summed E-state index contributed by atoms with van der Waals surface area (Å²) < 4.78 is 27.4. The second-order valence-corrected chi connectivity index (χ2v) is 5.49. The number of rotatable bonds is 3. The van der Waals surface area contributed by atoms with Crippen LogP contribution in [0.4, 0.5) is 8.78 Å². The number of halogens is 2. The van der Waals surface area contributed by atoms with E-state index in [1.807, 2.05) is 18.2 Å². The maximum absolute atomic E-state index is 13.7. The number of nitrogens with zero attached hydrogens (tertiary/aromatic N) is 3. The molecule has 2 aromatic rings. The Morgan fingerprint density at radius 1 is 1.00 bits per heavy atom. The predicted octanol–water partition coefficient (Wildman–Crippen LogP) is 2.32. The Morgan fingerprint density at radius 3 is 2.30 bits per heavy atom. The maximum Gasteiger partial charge on any atom is 0.259 e. The molecule has 6 heteroatoms. The monoisotopic (exact) mass is 317 g/mol. The molecule has 0 unspecified atom stereocenters. The van der Waals surface area contributed by atoms with Crippen LogP contribution in [-0.2, 0) is 6.54 Å². The number of hydrogen-bond donors (Lipinski definition) is 0. The average molecular weight is 317 g/mol. The van der Waals surface area contributed by atoms with Crippen molar-refractivity contribution in [2.75, 3.05) is 26.2 Å². The van der Waals surface area contributed by atoms with Crippen LogP contribution in [0, 0.1) is 11.6 Å². The Morgan fingerprint density at radius 2 is 1.70 bits per heavy atom. The summed E-state index contributed by atoms with van der Waals surface area (Å²) in [5.74, 6) is -2.21. The summed E-state index contributed by atoms with van der Waals surface area (Å²) in [6.45, 7) is 2.90. The van der Waals surface area contributed by atoms with E-state index >= 15 is 0 Å². The predicted molar refractivity (Wildman–Crippen MR) is 81.8 cm³/mol. The SMILES string of the molecule is O=C(c1c(F)cccc1F)N1CCN(Cc2ccccn2)CC1. The number of amides is 1. The van der Waals surface area contributed by atoms with Gasteiger partial charge in [-0.15, -0.1) is 0 Å². The highest BCUT2D eigenvalue weighted by Crippen LogP contribution is 2.16. The number of piperazine rings is 1. The number of pyridine rings is 1. The molecule has 1 fully saturated rings. The van der Waals surface area contributed by atoms with Gasteiger partial charge in [0.2, 0.25) is 0 Å². The molecule has 1 aliphatic heterocycles. The third kappa shape index (κ3) is 3.53. The van der Waals surface area contributed by atoms with Crippen molar-refractivity contribution in [2.45, 2.75) is 6.54 Å². The lowest BCUT2D eigenvalue weighted by molar-refractivity contribution is 0.0617. The van der Waals surface area contributed by atoms with E-state index in [4.69, 9.17) is 0 Å². The third-order valence-corrected chi connectivity index (χ3v) is 3.95. The summed E-state index contributed by atoms with van der Waals surface area (Å²) in [5, 5.41) is 0. The zero-order chi connectivity index (χ0) is 16.2. The molecule has 1 saturated heterocycles. The van der Waals surface area contributed by atoms with Crippen molar-refractivity contribution in [1.82, 2.24) is 14.8 Å². The first-order valence-corrected chi connectivity index (χ1v) is 7.50. The van der Waals surface area contributed by atoms with Crippen molar-refractivity contribution < 1.29 is 13.6 Å². The van der Waals surface area contributed by atoms with Crippen LogP contribution in [0.5, 0.6) is 0 Å². The lowest BCUT2D eigenvalue weighted by Gasteiger charge is -2.34. The highest BCUT2D eigenvalue weighted by Gasteiger charge is 2.26. The Hall–Kier alpha value is -2.34. The second kappa shape index (κ2) is 6.83. The molecule has 0 saturated carbocycles. The molecule has 1 aromatic carbocycles. The quantitative estimate of drug-likeness (QED) is 0.872. The summed E-state index contributed by atoms with van der Waals surface area (Å²) in [5.41, 5.74) is 0.498. The molecule has 4 nitrogen and oxygen atoms in total. The Balaban J connectivity index is 1.62. The van der Waals surface area contributed by atoms with E-state index < -0.39 is 23.1 Å². The number of carbonyl (C=O) groups excluding carboxylic acids is 1. The normalized spacial score (nSPS) is 15.7. The van der Waals surface area contributed by atoms with Gasteiger partial charge in [0, 0.05) is 38.9 Å². The van der Waals surface area contributed by atoms with Crippen LogP contribution in [-0.4, -0.2) is 46.9 Å². The molecule has 0 N–H and O–H groups in total. The van der Waals surface area contributed by atoms with E-state index in [0.29, 0.717) is 32.7 Å². The lowest BCUT2D eigenvalue weighted by Crippen LogP contribution is -2.48. The van der Waals surface area contributed by atoms with Crippen LogP contribution in [0.15, 0.2) is 42.6 Å². The molecule has 2 heterocycles. The first kappa shape index (κ1) is 15.6. The van der Waals surface area contributed by atoms with Gasteiger partial charge in [0.1, 0.15) is 17.2 Å². The van der Waals surface area contributed by atoms with Gasteiger partial charge in [0.15, 0.2) is 0 Å². The van der Waals surface area contributed by atoms with Crippen LogP contribution in [0.25, 0.3) is 0 Å². The highest BCUT2D eigenvalue weighted by molar-refractivity contribution is 5.94. The van der Waals surface area contributed by atoms with Gasteiger partial charge in [-0.2, -0.15) is 0 Å². The summed E-state index contributed by atoms with van der Waals surface area (Å²) in [6.07, 6.45) is 1.75. The summed E-state index contributed by atoms with van der Waals surface area (Å²) >= 11 is 0. The molecule has 1 aliphatic rings. The number of hydrogen-bond acceptors (Lipinski definition) is 3. The summed E-state index contributed by atoms with van der Waals surface area (Å²) in [6, 6.07) is 9.21. The van der Waals surface area contributed by atoms with E-state index in [9.17, 15) is 13.6 Å². The van der Waals surface area contributed by atoms with E-state index in [0.717, 1.165) is 17.8 Å². The van der Waals surface area contributed by atoms with Crippen LogP contribution < -0.4 is 0 Å². The standard InChI is InChI=1S/C17H17F2N3O/c18-14-5-3-6-15(19)16(14)17(23)22-10-8-21(9-11-22)12-13-4-1-2-7-20-13/h1-7H,8-12H2. The largest absolute Gasteiger partial charge is 0.336 e. The zero-order valence-corrected chi connectivity index (χ0v) is 12.6. The molecule has 3 rings (SSSR count). The van der Waals surface area contributed by atoms with Crippen LogP contribution in [0.3, 0.4) is 0 Å². The number of carbonyl (C=O) groups is 1. The minimum absolute atomic E-state index is 0.444. The van der Waals surface area contributed by atoms with E-state index in [1.165, 1.54) is 11.0 Å². The van der Waals surface area contributed by atoms with Crippen molar-refractivity contribution in [3.63, 3.8) is 0 Å². The van der Waals surface area contributed by atoms with E-state index in [-0.39, 0.29) is 0 Å². The molecule has 120 valence electrons. The van der Waals surface area contributed by atoms with Gasteiger partial charge in [-0.05, 0) is 24.3 Å². The van der Waals surface area contributed by atoms with Gasteiger partial charge in [0.25, 0.3) is 5.91 Å². The molecule has 1 amide bonds. The van der Waals surface area contributed by atoms with Crippen molar-refractivity contribution in [3.05, 3.63) is 65.5 Å². The fraction of sp³-hybridized carbons (Fsp3) is 0.294. The number of benzene rings is 1. The van der Waals surface area contributed by atoms with Crippen LogP contribution in [0.2, 0.25) is 0 Å². The zero-order valence-electron chi connectivity index (χ0n) is 12.6. The fourth-order valence-electron chi connectivity index (χ4n) is 2.69. The molecule has 1 aromatic heterocycles. The third-order valence-electron chi connectivity index (χ3n) is 3.95. The summed E-state index contributed by atoms with van der Waals surface area (Å²) in [4.78, 5) is 20.3. The fourth-order valence-corrected chi connectivity index (χ4v) is 2.69. The number of aromatic nitrogens is 1. The lowest BCUT2D eigenvalue weighted by atomic mass is 10.1. The highest BCUT2D eigenvalue weighted by atomic mass is 19.1. The summed E-state index contributed by atoms with van der Waals surface area (Å²) in [7, 11) is 0. The minimum atomic E-state index is -0.814. The van der Waals surface area contributed by atoms with E-state index in [1.54, 1.807) is 6.20 Å². The van der Waals surface area contributed by atoms with Crippen molar-refractivity contribution in [2.24, 2.45) is 0 Å². The molecule has 0 bridgehead atoms. The topological polar surface area (TPSA) is 36.4 Å². The molecule has 0 atom stereocenters. The van der Waals surface area contributed by atoms with Crippen molar-refractivity contribution in [1.29, 1.82) is 0 Å². The van der Waals surface area contributed by atoms with Gasteiger partial charge in [-0.3, -0.25) is 14.7 Å². The molecular formula is C17H17F2N3O. The molecule has 0 radical (unpaired) electrons. The van der Waals surface area contributed by atoms with Crippen LogP contribution >= 0.6 is 0 Å². The van der Waals surface area contributed by atoms with Crippen LogP contribution in [0.1, 0.15) is 16.1 Å². The Kier molecular flexibility index (Phi) is 4.62. The maximum atomic E-state index is 13.7. The average Bonchev–Trinajstić information content (AvgIpc) is 2.56. The minimum Gasteiger partial charge on any atom is -0.336 e. The van der Waals surface area contributed by atoms with E-state index in [2.05, 4.69) is 9.88 Å². The Labute approximate surface area is 133 Å². The van der Waals surface area contributed by atoms with Gasteiger partial charge in [-0.25, -0.2) is 8.78 Å². The smallest absolute Gasteiger partial charge is 0.259 e. The van der Waals surface area contributed by atoms with Gasteiger partial charge in [0.05, 0.1) is 5.69 Å². The van der Waals surface area contributed by atoms with Gasteiger partial charge < -0.3 is 4.90 Å². The Bertz CT molecular complexity index is 665. The first-order chi connectivity index (χ1) is 11.1. The first-order valence-electron chi connectivity index (χ1n) is 7.50. The van der Waals surface area contributed by atoms with Gasteiger partial charge in [-0.1, -0.05) is 12.1 Å².